The Kier molecular flexibility index (Phi) is 8.27. The fourth-order valence-corrected chi connectivity index (χ4v) is 6.63. The summed E-state index contributed by atoms with van der Waals surface area (Å²) in [6.07, 6.45) is 3.21. The molecule has 1 aromatic heterocycles. The van der Waals surface area contributed by atoms with Crippen molar-refractivity contribution < 1.29 is 17.9 Å². The molecular weight excluding hydrogens is 384 g/mol. The minimum atomic E-state index is -3.53. The van der Waals surface area contributed by atoms with Crippen molar-refractivity contribution in [1.82, 2.24) is 9.21 Å². The summed E-state index contributed by atoms with van der Waals surface area (Å²) in [5, 5.41) is 0. The second-order valence-electron chi connectivity index (χ2n) is 7.06. The minimum absolute atomic E-state index is 0.0583. The van der Waals surface area contributed by atoms with Gasteiger partial charge in [0.25, 0.3) is 10.0 Å². The molecule has 27 heavy (non-hydrogen) atoms. The second-order valence-corrected chi connectivity index (χ2v) is 10.5. The number of methoxy groups -OCH3 is 1. The zero-order chi connectivity index (χ0) is 20.0. The SMILES string of the molecule is CCC(CC)N(CCOC)C(=O)C1CCCN(S(=O)(=O)c2ccc(C)s2)C1. The normalized spacial score (nSPS) is 18.8. The van der Waals surface area contributed by atoms with Gasteiger partial charge in [0, 0.05) is 37.7 Å². The van der Waals surface area contributed by atoms with Crippen LogP contribution in [0.3, 0.4) is 0 Å². The zero-order valence-corrected chi connectivity index (χ0v) is 18.4. The lowest BCUT2D eigenvalue weighted by atomic mass is 9.96. The lowest BCUT2D eigenvalue weighted by molar-refractivity contribution is -0.140. The second kappa shape index (κ2) is 10.0. The summed E-state index contributed by atoms with van der Waals surface area (Å²) in [6, 6.07) is 3.65. The Bertz CT molecular complexity index is 713. The van der Waals surface area contributed by atoms with Crippen molar-refractivity contribution in [3.05, 3.63) is 17.0 Å². The predicted octanol–water partition coefficient (Wildman–Crippen LogP) is 3.12. The molecule has 0 bridgehead atoms. The number of carbonyl (C=O) groups is 1. The maximum absolute atomic E-state index is 13.2. The smallest absolute Gasteiger partial charge is 0.252 e. The van der Waals surface area contributed by atoms with Gasteiger partial charge < -0.3 is 9.64 Å². The van der Waals surface area contributed by atoms with Gasteiger partial charge in [-0.05, 0) is 44.7 Å². The molecule has 0 N–H and O–H groups in total. The van der Waals surface area contributed by atoms with Crippen LogP contribution in [-0.2, 0) is 19.6 Å². The van der Waals surface area contributed by atoms with Gasteiger partial charge in [-0.3, -0.25) is 4.79 Å². The first kappa shape index (κ1) is 22.3. The molecule has 0 spiro atoms. The number of thiophene rings is 1. The highest BCUT2D eigenvalue weighted by Crippen LogP contribution is 2.29. The number of amides is 1. The van der Waals surface area contributed by atoms with E-state index in [0.29, 0.717) is 30.3 Å². The Morgan fingerprint density at radius 2 is 2.07 bits per heavy atom. The number of aryl methyl sites for hydroxylation is 1. The molecule has 1 aliphatic heterocycles. The van der Waals surface area contributed by atoms with E-state index >= 15 is 0 Å². The lowest BCUT2D eigenvalue weighted by Crippen LogP contribution is -2.50. The van der Waals surface area contributed by atoms with Crippen molar-refractivity contribution in [2.24, 2.45) is 5.92 Å². The largest absolute Gasteiger partial charge is 0.383 e. The van der Waals surface area contributed by atoms with Crippen LogP contribution in [0, 0.1) is 12.8 Å². The Hall–Kier alpha value is -0.960. The van der Waals surface area contributed by atoms with E-state index in [-0.39, 0.29) is 24.4 Å². The van der Waals surface area contributed by atoms with E-state index in [1.807, 2.05) is 17.9 Å². The molecule has 1 atom stereocenters. The molecule has 2 heterocycles. The summed E-state index contributed by atoms with van der Waals surface area (Å²) >= 11 is 1.29. The van der Waals surface area contributed by atoms with Crippen LogP contribution in [0.25, 0.3) is 0 Å². The van der Waals surface area contributed by atoms with Crippen molar-refractivity contribution in [1.29, 1.82) is 0 Å². The Morgan fingerprint density at radius 1 is 1.37 bits per heavy atom. The molecule has 1 amide bonds. The van der Waals surface area contributed by atoms with Gasteiger partial charge in [-0.2, -0.15) is 4.31 Å². The molecule has 0 aromatic carbocycles. The third kappa shape index (κ3) is 5.31. The van der Waals surface area contributed by atoms with Crippen LogP contribution in [0.2, 0.25) is 0 Å². The first-order valence-electron chi connectivity index (χ1n) is 9.71. The van der Waals surface area contributed by atoms with Crippen molar-refractivity contribution >= 4 is 27.3 Å². The number of ether oxygens (including phenoxy) is 1. The highest BCUT2D eigenvalue weighted by atomic mass is 32.2. The molecule has 0 saturated carbocycles. The number of nitrogens with zero attached hydrogens (tertiary/aromatic N) is 2. The van der Waals surface area contributed by atoms with Gasteiger partial charge in [-0.25, -0.2) is 8.42 Å². The Balaban J connectivity index is 2.16. The summed E-state index contributed by atoms with van der Waals surface area (Å²) in [7, 11) is -1.89. The van der Waals surface area contributed by atoms with E-state index in [1.54, 1.807) is 13.2 Å². The van der Waals surface area contributed by atoms with Crippen molar-refractivity contribution in [3.63, 3.8) is 0 Å². The molecule has 1 aliphatic rings. The highest BCUT2D eigenvalue weighted by Gasteiger charge is 2.36. The average Bonchev–Trinajstić information content (AvgIpc) is 3.12. The fourth-order valence-electron chi connectivity index (χ4n) is 3.67. The molecule has 1 aromatic rings. The van der Waals surface area contributed by atoms with Crippen LogP contribution >= 0.6 is 11.3 Å². The van der Waals surface area contributed by atoms with Gasteiger partial charge in [-0.15, -0.1) is 11.3 Å². The quantitative estimate of drug-likeness (QED) is 0.620. The molecule has 1 saturated heterocycles. The standard InChI is InChI=1S/C19H32N2O4S2/c1-5-17(6-2)21(12-13-25-4)19(22)16-8-7-11-20(14-16)27(23,24)18-10-9-15(3)26-18/h9-10,16-17H,5-8,11-14H2,1-4H3. The van der Waals surface area contributed by atoms with Gasteiger partial charge in [0.2, 0.25) is 5.91 Å². The highest BCUT2D eigenvalue weighted by molar-refractivity contribution is 7.91. The van der Waals surface area contributed by atoms with Gasteiger partial charge in [0.1, 0.15) is 4.21 Å². The maximum atomic E-state index is 13.2. The summed E-state index contributed by atoms with van der Waals surface area (Å²) < 4.78 is 32.9. The zero-order valence-electron chi connectivity index (χ0n) is 16.8. The molecule has 0 radical (unpaired) electrons. The number of hydrogen-bond acceptors (Lipinski definition) is 5. The first-order chi connectivity index (χ1) is 12.8. The number of sulfonamides is 1. The molecule has 1 unspecified atom stereocenters. The molecule has 6 nitrogen and oxygen atoms in total. The third-order valence-corrected chi connectivity index (χ3v) is 8.58. The van der Waals surface area contributed by atoms with E-state index < -0.39 is 10.0 Å². The monoisotopic (exact) mass is 416 g/mol. The van der Waals surface area contributed by atoms with E-state index in [0.717, 1.165) is 24.1 Å². The van der Waals surface area contributed by atoms with Crippen molar-refractivity contribution in [3.8, 4) is 0 Å². The molecule has 1 fully saturated rings. The number of hydrogen-bond donors (Lipinski definition) is 0. The van der Waals surface area contributed by atoms with Crippen molar-refractivity contribution in [2.75, 3.05) is 33.4 Å². The number of piperidine rings is 1. The Labute approximate surface area is 167 Å². The van der Waals surface area contributed by atoms with Gasteiger partial charge in [0.05, 0.1) is 12.5 Å². The van der Waals surface area contributed by atoms with Crippen LogP contribution in [0.15, 0.2) is 16.3 Å². The van der Waals surface area contributed by atoms with E-state index in [9.17, 15) is 13.2 Å². The molecule has 8 heteroatoms. The minimum Gasteiger partial charge on any atom is -0.383 e. The summed E-state index contributed by atoms with van der Waals surface area (Å²) in [4.78, 5) is 16.1. The molecule has 0 aliphatic carbocycles. The Morgan fingerprint density at radius 3 is 2.63 bits per heavy atom. The van der Waals surface area contributed by atoms with Crippen LogP contribution in [-0.4, -0.2) is 62.9 Å². The summed E-state index contributed by atoms with van der Waals surface area (Å²) in [6.45, 7) is 7.85. The molecule has 2 rings (SSSR count). The van der Waals surface area contributed by atoms with E-state index in [1.165, 1.54) is 15.6 Å². The maximum Gasteiger partial charge on any atom is 0.252 e. The molecular formula is C19H32N2O4S2. The van der Waals surface area contributed by atoms with Crippen LogP contribution in [0.5, 0.6) is 0 Å². The molecule has 154 valence electrons. The summed E-state index contributed by atoms with van der Waals surface area (Å²) in [5.41, 5.74) is 0. The van der Waals surface area contributed by atoms with Gasteiger partial charge in [0.15, 0.2) is 0 Å². The van der Waals surface area contributed by atoms with Crippen LogP contribution in [0.4, 0.5) is 0 Å². The lowest BCUT2D eigenvalue weighted by Gasteiger charge is -2.37. The first-order valence-corrected chi connectivity index (χ1v) is 12.0. The summed E-state index contributed by atoms with van der Waals surface area (Å²) in [5.74, 6) is -0.227. The van der Waals surface area contributed by atoms with Crippen molar-refractivity contribution in [2.45, 2.75) is 56.7 Å². The van der Waals surface area contributed by atoms with E-state index in [4.69, 9.17) is 4.74 Å². The van der Waals surface area contributed by atoms with Gasteiger partial charge >= 0.3 is 0 Å². The van der Waals surface area contributed by atoms with Gasteiger partial charge in [-0.1, -0.05) is 13.8 Å². The predicted molar refractivity (Wildman–Crippen MR) is 108 cm³/mol. The van der Waals surface area contributed by atoms with Crippen LogP contribution < -0.4 is 0 Å². The van der Waals surface area contributed by atoms with Crippen LogP contribution in [0.1, 0.15) is 44.4 Å². The third-order valence-electron chi connectivity index (χ3n) is 5.25. The average molecular weight is 417 g/mol. The number of rotatable bonds is 9. The fraction of sp³-hybridized carbons (Fsp3) is 0.737. The number of carbonyl (C=O) groups excluding carboxylic acids is 1. The van der Waals surface area contributed by atoms with E-state index in [2.05, 4.69) is 13.8 Å². The topological polar surface area (TPSA) is 66.9 Å².